The van der Waals surface area contributed by atoms with E-state index in [0.717, 1.165) is 19.3 Å². The van der Waals surface area contributed by atoms with Crippen LogP contribution < -0.4 is 11.1 Å². The zero-order valence-corrected chi connectivity index (χ0v) is 11.7. The van der Waals surface area contributed by atoms with Gasteiger partial charge in [-0.1, -0.05) is 18.0 Å². The number of benzene rings is 1. The average Bonchev–Trinajstić information content (AvgIpc) is 2.89. The van der Waals surface area contributed by atoms with Gasteiger partial charge in [-0.2, -0.15) is 0 Å². The van der Waals surface area contributed by atoms with Crippen LogP contribution in [0.2, 0.25) is 5.02 Å². The minimum atomic E-state index is -1.12. The SMILES string of the molecule is NCC1CCCC1C(=O)Nc1ccc(Cl)cc1C(=O)O. The molecule has 0 heterocycles. The number of nitrogens with two attached hydrogens (primary N) is 1. The Morgan fingerprint density at radius 1 is 1.40 bits per heavy atom. The molecule has 1 amide bonds. The highest BCUT2D eigenvalue weighted by Gasteiger charge is 2.32. The van der Waals surface area contributed by atoms with Crippen LogP contribution in [0.25, 0.3) is 0 Å². The summed E-state index contributed by atoms with van der Waals surface area (Å²) in [5, 5.41) is 12.1. The Hall–Kier alpha value is -1.59. The van der Waals surface area contributed by atoms with Crippen molar-refractivity contribution in [2.75, 3.05) is 11.9 Å². The van der Waals surface area contributed by atoms with Gasteiger partial charge in [0.15, 0.2) is 0 Å². The van der Waals surface area contributed by atoms with Crippen molar-refractivity contribution in [3.63, 3.8) is 0 Å². The molecule has 6 heteroatoms. The molecule has 20 heavy (non-hydrogen) atoms. The molecule has 5 nitrogen and oxygen atoms in total. The molecular formula is C14H17ClN2O3. The summed E-state index contributed by atoms with van der Waals surface area (Å²) < 4.78 is 0. The molecule has 1 aliphatic carbocycles. The first-order valence-corrected chi connectivity index (χ1v) is 6.94. The van der Waals surface area contributed by atoms with Crippen molar-refractivity contribution < 1.29 is 14.7 Å². The highest BCUT2D eigenvalue weighted by Crippen LogP contribution is 2.32. The number of aromatic carboxylic acids is 1. The number of amides is 1. The molecule has 0 bridgehead atoms. The minimum absolute atomic E-state index is 0.00635. The first-order chi connectivity index (χ1) is 9.52. The summed E-state index contributed by atoms with van der Waals surface area (Å²) >= 11 is 5.78. The molecular weight excluding hydrogens is 280 g/mol. The Balaban J connectivity index is 2.17. The Morgan fingerprint density at radius 3 is 2.80 bits per heavy atom. The molecule has 4 N–H and O–H groups in total. The highest BCUT2D eigenvalue weighted by molar-refractivity contribution is 6.31. The number of nitrogens with one attached hydrogen (secondary N) is 1. The van der Waals surface area contributed by atoms with Gasteiger partial charge in [0.05, 0.1) is 11.3 Å². The average molecular weight is 297 g/mol. The fourth-order valence-corrected chi connectivity index (χ4v) is 2.86. The van der Waals surface area contributed by atoms with Crippen LogP contribution in [0.4, 0.5) is 5.69 Å². The lowest BCUT2D eigenvalue weighted by molar-refractivity contribution is -0.120. The molecule has 0 radical (unpaired) electrons. The lowest BCUT2D eigenvalue weighted by Crippen LogP contribution is -2.30. The molecule has 0 aromatic heterocycles. The monoisotopic (exact) mass is 296 g/mol. The largest absolute Gasteiger partial charge is 0.478 e. The summed E-state index contributed by atoms with van der Waals surface area (Å²) in [5.41, 5.74) is 5.93. The maximum Gasteiger partial charge on any atom is 0.337 e. The number of carboxylic acid groups (broad SMARTS) is 1. The molecule has 1 saturated carbocycles. The lowest BCUT2D eigenvalue weighted by atomic mass is 9.95. The van der Waals surface area contributed by atoms with E-state index in [-0.39, 0.29) is 29.0 Å². The molecule has 0 saturated heterocycles. The van der Waals surface area contributed by atoms with Gasteiger partial charge in [0, 0.05) is 10.9 Å². The van der Waals surface area contributed by atoms with Gasteiger partial charge in [-0.3, -0.25) is 4.79 Å². The first-order valence-electron chi connectivity index (χ1n) is 6.56. The highest BCUT2D eigenvalue weighted by atomic mass is 35.5. The zero-order chi connectivity index (χ0) is 14.7. The minimum Gasteiger partial charge on any atom is -0.478 e. The summed E-state index contributed by atoms with van der Waals surface area (Å²) in [4.78, 5) is 23.4. The molecule has 1 aromatic carbocycles. The third-order valence-corrected chi connectivity index (χ3v) is 4.00. The maximum absolute atomic E-state index is 12.3. The van der Waals surface area contributed by atoms with Gasteiger partial charge in [-0.05, 0) is 43.5 Å². The second kappa shape index (κ2) is 6.24. The van der Waals surface area contributed by atoms with Crippen molar-refractivity contribution in [3.8, 4) is 0 Å². The number of carbonyl (C=O) groups excluding carboxylic acids is 1. The fourth-order valence-electron chi connectivity index (χ4n) is 2.69. The van der Waals surface area contributed by atoms with E-state index in [1.54, 1.807) is 6.07 Å². The number of rotatable bonds is 4. The number of hydrogen-bond acceptors (Lipinski definition) is 3. The second-order valence-electron chi connectivity index (χ2n) is 5.02. The van der Waals surface area contributed by atoms with E-state index < -0.39 is 5.97 Å². The van der Waals surface area contributed by atoms with Crippen LogP contribution in [0.3, 0.4) is 0 Å². The Morgan fingerprint density at radius 2 is 2.15 bits per heavy atom. The van der Waals surface area contributed by atoms with E-state index in [4.69, 9.17) is 22.4 Å². The van der Waals surface area contributed by atoms with Crippen LogP contribution >= 0.6 is 11.6 Å². The van der Waals surface area contributed by atoms with Crippen LogP contribution in [0.1, 0.15) is 29.6 Å². The van der Waals surface area contributed by atoms with Crippen molar-refractivity contribution in [3.05, 3.63) is 28.8 Å². The summed E-state index contributed by atoms with van der Waals surface area (Å²) in [6, 6.07) is 4.39. The van der Waals surface area contributed by atoms with Crippen molar-refractivity contribution in [1.82, 2.24) is 0 Å². The van der Waals surface area contributed by atoms with Crippen LogP contribution in [0.5, 0.6) is 0 Å². The molecule has 2 atom stereocenters. The quantitative estimate of drug-likeness (QED) is 0.795. The van der Waals surface area contributed by atoms with Gasteiger partial charge in [0.25, 0.3) is 0 Å². The Bertz CT molecular complexity index is 533. The molecule has 108 valence electrons. The van der Waals surface area contributed by atoms with Gasteiger partial charge in [0.1, 0.15) is 0 Å². The second-order valence-corrected chi connectivity index (χ2v) is 5.45. The van der Waals surface area contributed by atoms with Crippen molar-refractivity contribution in [2.45, 2.75) is 19.3 Å². The van der Waals surface area contributed by atoms with Crippen LogP contribution in [-0.2, 0) is 4.79 Å². The van der Waals surface area contributed by atoms with Gasteiger partial charge < -0.3 is 16.2 Å². The number of hydrogen-bond donors (Lipinski definition) is 3. The molecule has 1 aliphatic rings. The Kier molecular flexibility index (Phi) is 4.62. The van der Waals surface area contributed by atoms with Crippen molar-refractivity contribution in [2.24, 2.45) is 17.6 Å². The number of carboxylic acids is 1. The summed E-state index contributed by atoms with van der Waals surface area (Å²) in [6.45, 7) is 0.477. The number of carbonyl (C=O) groups is 2. The Labute approximate surface area is 122 Å². The van der Waals surface area contributed by atoms with E-state index >= 15 is 0 Å². The maximum atomic E-state index is 12.3. The van der Waals surface area contributed by atoms with E-state index in [1.807, 2.05) is 0 Å². The molecule has 1 fully saturated rings. The van der Waals surface area contributed by atoms with E-state index in [2.05, 4.69) is 5.32 Å². The molecule has 2 unspecified atom stereocenters. The van der Waals surface area contributed by atoms with Gasteiger partial charge in [0.2, 0.25) is 5.91 Å². The molecule has 1 aromatic rings. The zero-order valence-electron chi connectivity index (χ0n) is 10.9. The third-order valence-electron chi connectivity index (χ3n) is 3.77. The van der Waals surface area contributed by atoms with E-state index in [0.29, 0.717) is 11.6 Å². The first kappa shape index (κ1) is 14.8. The normalized spacial score (nSPS) is 21.7. The van der Waals surface area contributed by atoms with Crippen LogP contribution in [0.15, 0.2) is 18.2 Å². The van der Waals surface area contributed by atoms with Crippen molar-refractivity contribution >= 4 is 29.2 Å². The van der Waals surface area contributed by atoms with Gasteiger partial charge in [-0.15, -0.1) is 0 Å². The standard InChI is InChI=1S/C14H17ClN2O3/c15-9-4-5-12(11(6-9)14(19)20)17-13(18)10-3-1-2-8(10)7-16/h4-6,8,10H,1-3,7,16H2,(H,17,18)(H,19,20). The fraction of sp³-hybridized carbons (Fsp3) is 0.429. The summed E-state index contributed by atoms with van der Waals surface area (Å²) in [6.07, 6.45) is 2.72. The molecule has 0 spiro atoms. The third kappa shape index (κ3) is 3.11. The number of anilines is 1. The predicted molar refractivity (Wildman–Crippen MR) is 76.9 cm³/mol. The van der Waals surface area contributed by atoms with Gasteiger partial charge in [-0.25, -0.2) is 4.79 Å². The van der Waals surface area contributed by atoms with Crippen molar-refractivity contribution in [1.29, 1.82) is 0 Å². The summed E-state index contributed by atoms with van der Waals surface area (Å²) in [7, 11) is 0. The summed E-state index contributed by atoms with van der Waals surface area (Å²) in [5.74, 6) is -1.25. The smallest absolute Gasteiger partial charge is 0.337 e. The van der Waals surface area contributed by atoms with Crippen LogP contribution in [0, 0.1) is 11.8 Å². The molecule has 2 rings (SSSR count). The van der Waals surface area contributed by atoms with Gasteiger partial charge >= 0.3 is 5.97 Å². The number of halogens is 1. The van der Waals surface area contributed by atoms with Crippen LogP contribution in [-0.4, -0.2) is 23.5 Å². The lowest BCUT2D eigenvalue weighted by Gasteiger charge is -2.18. The topological polar surface area (TPSA) is 92.4 Å². The van der Waals surface area contributed by atoms with E-state index in [1.165, 1.54) is 12.1 Å². The predicted octanol–water partition coefficient (Wildman–Crippen LogP) is 2.35. The molecule has 0 aliphatic heterocycles. The van der Waals surface area contributed by atoms with E-state index in [9.17, 15) is 9.59 Å².